The summed E-state index contributed by atoms with van der Waals surface area (Å²) in [5, 5.41) is 11.8. The fourth-order valence-electron chi connectivity index (χ4n) is 12.3. The Balaban J connectivity index is 1.07. The van der Waals surface area contributed by atoms with Gasteiger partial charge in [0.1, 0.15) is 11.2 Å². The first-order valence-electron chi connectivity index (χ1n) is 25.4. The van der Waals surface area contributed by atoms with Crippen molar-refractivity contribution in [3.63, 3.8) is 0 Å². The third-order valence-electron chi connectivity index (χ3n) is 15.5. The minimum Gasteiger partial charge on any atom is -0.456 e. The van der Waals surface area contributed by atoms with E-state index in [0.717, 1.165) is 95.3 Å². The molecule has 14 aromatic rings. The van der Waals surface area contributed by atoms with E-state index < -0.39 is 6.04 Å². The van der Waals surface area contributed by atoms with Gasteiger partial charge in [0.05, 0.1) is 39.5 Å². The van der Waals surface area contributed by atoms with Crippen LogP contribution in [-0.4, -0.2) is 20.7 Å². The fourth-order valence-corrected chi connectivity index (χ4v) is 12.3. The summed E-state index contributed by atoms with van der Waals surface area (Å²) in [5.74, 6) is 0.569. The predicted octanol–water partition coefficient (Wildman–Crippen LogP) is 17.8. The van der Waals surface area contributed by atoms with Crippen LogP contribution in [0.3, 0.4) is 0 Å². The van der Waals surface area contributed by atoms with Crippen LogP contribution in [0.25, 0.3) is 110 Å². The van der Waals surface area contributed by atoms with Gasteiger partial charge in [0.15, 0.2) is 5.84 Å². The number of benzene rings is 11. The molecule has 15 rings (SSSR count). The van der Waals surface area contributed by atoms with Gasteiger partial charge in [0, 0.05) is 60.6 Å². The minimum atomic E-state index is -0.390. The van der Waals surface area contributed by atoms with Crippen LogP contribution in [0.2, 0.25) is 0 Å². The van der Waals surface area contributed by atoms with Crippen molar-refractivity contribution in [2.75, 3.05) is 0 Å². The van der Waals surface area contributed by atoms with Crippen LogP contribution in [-0.2, 0) is 0 Å². The first-order valence-corrected chi connectivity index (χ1v) is 25.4. The zero-order valence-electron chi connectivity index (χ0n) is 40.1. The lowest BCUT2D eigenvalue weighted by Gasteiger charge is -2.32. The van der Waals surface area contributed by atoms with Crippen LogP contribution in [0, 0.1) is 5.92 Å². The Kier molecular flexibility index (Phi) is 9.30. The lowest BCUT2D eigenvalue weighted by atomic mass is 9.80. The molecule has 73 heavy (non-hydrogen) atoms. The maximum atomic E-state index is 6.86. The summed E-state index contributed by atoms with van der Waals surface area (Å²) in [5.41, 5.74) is 15.0. The highest BCUT2D eigenvalue weighted by Gasteiger charge is 2.37. The minimum absolute atomic E-state index is 0.141. The number of hydrogen-bond donors (Lipinski definition) is 0. The van der Waals surface area contributed by atoms with Crippen LogP contribution in [0.4, 0.5) is 0 Å². The number of amidine groups is 1. The monoisotopic (exact) mass is 934 g/mol. The Morgan fingerprint density at radius 2 is 1.08 bits per heavy atom. The van der Waals surface area contributed by atoms with Crippen molar-refractivity contribution in [1.82, 2.24) is 9.13 Å². The van der Waals surface area contributed by atoms with Crippen molar-refractivity contribution in [1.29, 1.82) is 0 Å². The van der Waals surface area contributed by atoms with Crippen LogP contribution < -0.4 is 0 Å². The third-order valence-corrected chi connectivity index (χ3v) is 15.5. The zero-order valence-corrected chi connectivity index (χ0v) is 40.1. The zero-order chi connectivity index (χ0) is 48.1. The summed E-state index contributed by atoms with van der Waals surface area (Å²) in [6, 6.07) is 85.2. The van der Waals surface area contributed by atoms with E-state index in [-0.39, 0.29) is 5.92 Å². The van der Waals surface area contributed by atoms with Crippen molar-refractivity contribution >= 4 is 98.6 Å². The van der Waals surface area contributed by atoms with Gasteiger partial charge < -0.3 is 13.6 Å². The molecular formula is C68H46N4O. The Labute approximate surface area is 421 Å². The smallest absolute Gasteiger partial charge is 0.155 e. The average Bonchev–Trinajstić information content (AvgIpc) is 4.12. The molecule has 0 saturated carbocycles. The highest BCUT2D eigenvalue weighted by atomic mass is 16.3. The highest BCUT2D eigenvalue weighted by molar-refractivity contribution is 6.26. The molecule has 0 aliphatic carbocycles. The Bertz CT molecular complexity index is 4610. The molecule has 0 spiro atoms. The second-order valence-electron chi connectivity index (χ2n) is 19.4. The van der Waals surface area contributed by atoms with Crippen LogP contribution >= 0.6 is 0 Å². The fraction of sp³-hybridized carbons (Fsp3) is 0.0588. The first-order chi connectivity index (χ1) is 36.2. The van der Waals surface area contributed by atoms with E-state index in [0.29, 0.717) is 5.84 Å². The molecule has 2 unspecified atom stereocenters. The van der Waals surface area contributed by atoms with Gasteiger partial charge in [-0.2, -0.15) is 0 Å². The number of hydrogen-bond acceptors (Lipinski definition) is 3. The largest absolute Gasteiger partial charge is 0.456 e. The molecule has 1 aliphatic heterocycles. The van der Waals surface area contributed by atoms with Gasteiger partial charge in [-0.25, -0.2) is 4.99 Å². The molecule has 344 valence electrons. The molecule has 11 aromatic carbocycles. The van der Waals surface area contributed by atoms with Gasteiger partial charge in [0.25, 0.3) is 0 Å². The summed E-state index contributed by atoms with van der Waals surface area (Å²) in [4.78, 5) is 11.9. The summed E-state index contributed by atoms with van der Waals surface area (Å²) in [6.45, 7) is 2.31. The summed E-state index contributed by atoms with van der Waals surface area (Å²) in [7, 11) is 0. The molecule has 2 atom stereocenters. The molecule has 0 saturated heterocycles. The van der Waals surface area contributed by atoms with Gasteiger partial charge in [-0.05, 0) is 106 Å². The maximum absolute atomic E-state index is 6.86. The molecule has 0 N–H and O–H groups in total. The van der Waals surface area contributed by atoms with E-state index >= 15 is 0 Å². The summed E-state index contributed by atoms with van der Waals surface area (Å²) < 4.78 is 11.8. The standard InChI is InChI=1S/C68H46N4O/c1-2-49-66(53-31-18-33-56-63(53)51-29-13-15-32-55(51)71(56)48-26-7-4-8-27-48)69-68(47-25-17-24-44(39-47)42-19-5-3-6-20-42)70-67(49)65-58(37-38-61-64(65)52-30-14-16-34-60(52)73-61)72-57-36-35-43-21-11-12-28-50(43)62(57)54-40-45-22-9-10-23-46(45)41-59(54)72/h3-41,49,67H,2H2,1H3. The van der Waals surface area contributed by atoms with Crippen molar-refractivity contribution in [3.05, 3.63) is 253 Å². The molecular weight excluding hydrogens is 889 g/mol. The molecule has 3 aromatic heterocycles. The molecule has 4 heterocycles. The van der Waals surface area contributed by atoms with Crippen molar-refractivity contribution in [3.8, 4) is 22.5 Å². The molecule has 5 heteroatoms. The van der Waals surface area contributed by atoms with Crippen LogP contribution in [0.5, 0.6) is 0 Å². The maximum Gasteiger partial charge on any atom is 0.155 e. The topological polar surface area (TPSA) is 47.7 Å². The summed E-state index contributed by atoms with van der Waals surface area (Å²) in [6.07, 6.45) is 0.784. The Morgan fingerprint density at radius 1 is 0.425 bits per heavy atom. The van der Waals surface area contributed by atoms with Crippen molar-refractivity contribution in [2.45, 2.75) is 19.4 Å². The van der Waals surface area contributed by atoms with Crippen LogP contribution in [0.1, 0.15) is 36.1 Å². The average molecular weight is 935 g/mol. The van der Waals surface area contributed by atoms with Crippen molar-refractivity contribution in [2.24, 2.45) is 15.9 Å². The van der Waals surface area contributed by atoms with Gasteiger partial charge in [-0.1, -0.05) is 177 Å². The van der Waals surface area contributed by atoms with E-state index in [9.17, 15) is 0 Å². The predicted molar refractivity (Wildman–Crippen MR) is 305 cm³/mol. The highest BCUT2D eigenvalue weighted by Crippen LogP contribution is 2.49. The van der Waals surface area contributed by atoms with E-state index in [1.807, 2.05) is 0 Å². The van der Waals surface area contributed by atoms with E-state index in [1.54, 1.807) is 0 Å². The molecule has 0 amide bonds. The van der Waals surface area contributed by atoms with Gasteiger partial charge in [-0.15, -0.1) is 0 Å². The molecule has 5 nitrogen and oxygen atoms in total. The second-order valence-corrected chi connectivity index (χ2v) is 19.4. The van der Waals surface area contributed by atoms with E-state index in [2.05, 4.69) is 253 Å². The Morgan fingerprint density at radius 3 is 1.92 bits per heavy atom. The first kappa shape index (κ1) is 41.5. The van der Waals surface area contributed by atoms with Gasteiger partial charge >= 0.3 is 0 Å². The lowest BCUT2D eigenvalue weighted by Crippen LogP contribution is -2.29. The van der Waals surface area contributed by atoms with Gasteiger partial charge in [0.2, 0.25) is 0 Å². The van der Waals surface area contributed by atoms with E-state index in [1.165, 1.54) is 43.1 Å². The van der Waals surface area contributed by atoms with Crippen LogP contribution in [0.15, 0.2) is 251 Å². The Hall–Kier alpha value is -9.32. The molecule has 0 radical (unpaired) electrons. The molecule has 0 bridgehead atoms. The number of rotatable bonds is 7. The SMILES string of the molecule is CCC1C(c2cccc3c2c2ccccc2n3-c2ccccc2)=NC(c2cccc(-c3ccccc3)c2)=NC1c1c(-n2c3cc4ccccc4cc3c3c4ccccc4ccc32)ccc2oc3ccccc3c12. The quantitative estimate of drug-likeness (QED) is 0.157. The third kappa shape index (κ3) is 6.35. The number of fused-ring (bicyclic) bond motifs is 12. The molecule has 0 fully saturated rings. The summed E-state index contributed by atoms with van der Waals surface area (Å²) >= 11 is 0. The normalized spacial score (nSPS) is 15.1. The number of furan rings is 1. The lowest BCUT2D eigenvalue weighted by molar-refractivity contribution is 0.534. The number of aromatic nitrogens is 2. The van der Waals surface area contributed by atoms with Gasteiger partial charge in [-0.3, -0.25) is 4.99 Å². The number of para-hydroxylation sites is 3. The number of nitrogens with zero attached hydrogens (tertiary/aromatic N) is 4. The second kappa shape index (κ2) is 16.4. The number of aliphatic imine (C=N–C) groups is 2. The van der Waals surface area contributed by atoms with E-state index in [4.69, 9.17) is 14.4 Å². The molecule has 1 aliphatic rings. The van der Waals surface area contributed by atoms with Crippen molar-refractivity contribution < 1.29 is 4.42 Å².